The fraction of sp³-hybridized carbons (Fsp3) is 0.500. The average Bonchev–Trinajstić information content (AvgIpc) is 2.32. The van der Waals surface area contributed by atoms with Gasteiger partial charge in [-0.05, 0) is 30.9 Å². The summed E-state index contributed by atoms with van der Waals surface area (Å²) in [5.74, 6) is 0.789. The van der Waals surface area contributed by atoms with E-state index in [1.807, 2.05) is 0 Å². The van der Waals surface area contributed by atoms with Gasteiger partial charge in [0.15, 0.2) is 0 Å². The molecule has 1 heterocycles. The van der Waals surface area contributed by atoms with Crippen molar-refractivity contribution in [1.29, 1.82) is 0 Å². The third-order valence-electron chi connectivity index (χ3n) is 2.96. The van der Waals surface area contributed by atoms with Crippen molar-refractivity contribution in [3.8, 4) is 0 Å². The summed E-state index contributed by atoms with van der Waals surface area (Å²) in [5, 5.41) is 12.3. The number of methoxy groups -OCH3 is 1. The quantitative estimate of drug-likeness (QED) is 0.765. The van der Waals surface area contributed by atoms with Crippen molar-refractivity contribution in [3.63, 3.8) is 0 Å². The SMILES string of the molecule is COC(=O)c1ccnc(NCC2CC(O)C2)c1. The number of hydrogen-bond acceptors (Lipinski definition) is 5. The molecule has 1 aliphatic carbocycles. The maximum Gasteiger partial charge on any atom is 0.338 e. The summed E-state index contributed by atoms with van der Waals surface area (Å²) in [6.45, 7) is 0.773. The van der Waals surface area contributed by atoms with Gasteiger partial charge in [-0.25, -0.2) is 9.78 Å². The molecule has 0 radical (unpaired) electrons. The lowest BCUT2D eigenvalue weighted by molar-refractivity contribution is 0.0486. The molecule has 92 valence electrons. The van der Waals surface area contributed by atoms with E-state index in [1.165, 1.54) is 7.11 Å². The van der Waals surface area contributed by atoms with Crippen molar-refractivity contribution in [1.82, 2.24) is 4.98 Å². The van der Waals surface area contributed by atoms with E-state index in [2.05, 4.69) is 15.0 Å². The second kappa shape index (κ2) is 5.14. The predicted octanol–water partition coefficient (Wildman–Crippen LogP) is 1.05. The number of hydrogen-bond donors (Lipinski definition) is 2. The van der Waals surface area contributed by atoms with E-state index in [-0.39, 0.29) is 12.1 Å². The summed E-state index contributed by atoms with van der Waals surface area (Å²) in [5.41, 5.74) is 0.485. The first kappa shape index (κ1) is 11.9. The van der Waals surface area contributed by atoms with Crippen LogP contribution in [0, 0.1) is 5.92 Å². The number of aromatic nitrogens is 1. The van der Waals surface area contributed by atoms with Gasteiger partial charge in [-0.3, -0.25) is 0 Å². The molecule has 2 N–H and O–H groups in total. The zero-order chi connectivity index (χ0) is 12.3. The van der Waals surface area contributed by atoms with Gasteiger partial charge in [-0.15, -0.1) is 0 Å². The Morgan fingerprint density at radius 2 is 2.41 bits per heavy atom. The highest BCUT2D eigenvalue weighted by Gasteiger charge is 2.26. The van der Waals surface area contributed by atoms with Gasteiger partial charge >= 0.3 is 5.97 Å². The highest BCUT2D eigenvalue weighted by Crippen LogP contribution is 2.27. The van der Waals surface area contributed by atoms with Crippen molar-refractivity contribution in [3.05, 3.63) is 23.9 Å². The Bertz CT molecular complexity index is 402. The summed E-state index contributed by atoms with van der Waals surface area (Å²) >= 11 is 0. The molecule has 0 bridgehead atoms. The lowest BCUT2D eigenvalue weighted by Crippen LogP contribution is -2.33. The zero-order valence-electron chi connectivity index (χ0n) is 9.72. The monoisotopic (exact) mass is 236 g/mol. The number of rotatable bonds is 4. The largest absolute Gasteiger partial charge is 0.465 e. The maximum atomic E-state index is 11.3. The van der Waals surface area contributed by atoms with Gasteiger partial charge < -0.3 is 15.2 Å². The Hall–Kier alpha value is -1.62. The summed E-state index contributed by atoms with van der Waals surface area (Å²) in [6.07, 6.45) is 3.11. The van der Waals surface area contributed by atoms with E-state index in [9.17, 15) is 4.79 Å². The number of aliphatic hydroxyl groups is 1. The Morgan fingerprint density at radius 1 is 1.65 bits per heavy atom. The first-order valence-corrected chi connectivity index (χ1v) is 5.65. The second-order valence-electron chi connectivity index (χ2n) is 4.29. The number of aliphatic hydroxyl groups excluding tert-OH is 1. The number of ether oxygens (including phenoxy) is 1. The van der Waals surface area contributed by atoms with E-state index >= 15 is 0 Å². The van der Waals surface area contributed by atoms with Crippen LogP contribution in [-0.2, 0) is 4.74 Å². The van der Waals surface area contributed by atoms with Gasteiger partial charge in [0, 0.05) is 12.7 Å². The van der Waals surface area contributed by atoms with E-state index in [0.29, 0.717) is 17.3 Å². The van der Waals surface area contributed by atoms with Crippen LogP contribution in [-0.4, -0.2) is 35.8 Å². The first-order chi connectivity index (χ1) is 8.19. The molecule has 0 atom stereocenters. The van der Waals surface area contributed by atoms with Crippen LogP contribution in [0.2, 0.25) is 0 Å². The Balaban J connectivity index is 1.90. The van der Waals surface area contributed by atoms with Crippen LogP contribution in [0.25, 0.3) is 0 Å². The molecule has 1 aromatic rings. The zero-order valence-corrected chi connectivity index (χ0v) is 9.72. The first-order valence-electron chi connectivity index (χ1n) is 5.65. The molecule has 0 unspecified atom stereocenters. The van der Waals surface area contributed by atoms with Crippen LogP contribution in [0.15, 0.2) is 18.3 Å². The summed E-state index contributed by atoms with van der Waals surface area (Å²) in [6, 6.07) is 3.28. The van der Waals surface area contributed by atoms with Gasteiger partial charge in [0.05, 0.1) is 18.8 Å². The van der Waals surface area contributed by atoms with Gasteiger partial charge in [0.1, 0.15) is 5.82 Å². The number of nitrogens with zero attached hydrogens (tertiary/aromatic N) is 1. The van der Waals surface area contributed by atoms with Crippen LogP contribution in [0.3, 0.4) is 0 Å². The second-order valence-corrected chi connectivity index (χ2v) is 4.29. The number of carbonyl (C=O) groups excluding carboxylic acids is 1. The van der Waals surface area contributed by atoms with Crippen molar-refractivity contribution < 1.29 is 14.6 Å². The topological polar surface area (TPSA) is 71.5 Å². The standard InChI is InChI=1S/C12H16N2O3/c1-17-12(16)9-2-3-13-11(6-9)14-7-8-4-10(15)5-8/h2-3,6,8,10,15H,4-5,7H2,1H3,(H,13,14). The van der Waals surface area contributed by atoms with Gasteiger partial charge in [0.25, 0.3) is 0 Å². The Kier molecular flexibility index (Phi) is 3.58. The van der Waals surface area contributed by atoms with Crippen molar-refractivity contribution >= 4 is 11.8 Å². The van der Waals surface area contributed by atoms with E-state index in [0.717, 1.165) is 19.4 Å². The lowest BCUT2D eigenvalue weighted by Gasteiger charge is -2.31. The molecule has 0 aromatic carbocycles. The lowest BCUT2D eigenvalue weighted by atomic mass is 9.82. The van der Waals surface area contributed by atoms with Crippen LogP contribution in [0.5, 0.6) is 0 Å². The molecule has 17 heavy (non-hydrogen) atoms. The number of esters is 1. The van der Waals surface area contributed by atoms with E-state index in [4.69, 9.17) is 5.11 Å². The fourth-order valence-electron chi connectivity index (χ4n) is 1.89. The fourth-order valence-corrected chi connectivity index (χ4v) is 1.89. The Labute approximate surface area is 99.8 Å². The average molecular weight is 236 g/mol. The third-order valence-corrected chi connectivity index (χ3v) is 2.96. The molecular weight excluding hydrogens is 220 g/mol. The molecule has 1 saturated carbocycles. The minimum atomic E-state index is -0.366. The van der Waals surface area contributed by atoms with Crippen molar-refractivity contribution in [2.24, 2.45) is 5.92 Å². The van der Waals surface area contributed by atoms with Gasteiger partial charge in [-0.2, -0.15) is 0 Å². The molecule has 0 aliphatic heterocycles. The molecule has 5 heteroatoms. The normalized spacial score (nSPS) is 22.7. The summed E-state index contributed by atoms with van der Waals surface area (Å²) in [7, 11) is 1.35. The maximum absolute atomic E-state index is 11.3. The van der Waals surface area contributed by atoms with Crippen LogP contribution in [0.1, 0.15) is 23.2 Å². The van der Waals surface area contributed by atoms with Crippen LogP contribution in [0.4, 0.5) is 5.82 Å². The van der Waals surface area contributed by atoms with Gasteiger partial charge in [0.2, 0.25) is 0 Å². The van der Waals surface area contributed by atoms with Crippen molar-refractivity contribution in [2.75, 3.05) is 19.0 Å². The minimum absolute atomic E-state index is 0.142. The molecule has 0 amide bonds. The molecule has 0 saturated heterocycles. The van der Waals surface area contributed by atoms with Gasteiger partial charge in [-0.1, -0.05) is 0 Å². The Morgan fingerprint density at radius 3 is 3.06 bits per heavy atom. The third kappa shape index (κ3) is 2.94. The number of anilines is 1. The number of nitrogens with one attached hydrogen (secondary N) is 1. The highest BCUT2D eigenvalue weighted by molar-refractivity contribution is 5.89. The van der Waals surface area contributed by atoms with E-state index < -0.39 is 0 Å². The van der Waals surface area contributed by atoms with Crippen LogP contribution >= 0.6 is 0 Å². The molecule has 5 nitrogen and oxygen atoms in total. The highest BCUT2D eigenvalue weighted by atomic mass is 16.5. The number of pyridine rings is 1. The molecule has 1 aliphatic rings. The summed E-state index contributed by atoms with van der Waals surface area (Å²) in [4.78, 5) is 15.4. The minimum Gasteiger partial charge on any atom is -0.465 e. The molecule has 0 spiro atoms. The molecule has 2 rings (SSSR count). The predicted molar refractivity (Wildman–Crippen MR) is 62.8 cm³/mol. The molecule has 1 aromatic heterocycles. The number of carbonyl (C=O) groups is 1. The molecular formula is C12H16N2O3. The smallest absolute Gasteiger partial charge is 0.338 e. The van der Waals surface area contributed by atoms with Crippen LogP contribution < -0.4 is 5.32 Å². The van der Waals surface area contributed by atoms with Crippen molar-refractivity contribution in [2.45, 2.75) is 18.9 Å². The summed E-state index contributed by atoms with van der Waals surface area (Å²) < 4.78 is 4.64. The molecule has 1 fully saturated rings. The van der Waals surface area contributed by atoms with E-state index in [1.54, 1.807) is 18.3 Å².